The molecule has 1 aromatic carbocycles. The number of hydrogen-bond acceptors (Lipinski definition) is 2. The molecule has 108 valence electrons. The Labute approximate surface area is 118 Å². The minimum absolute atomic E-state index is 0.0707. The van der Waals surface area contributed by atoms with Crippen molar-refractivity contribution in [1.29, 1.82) is 0 Å². The number of rotatable bonds is 2. The first-order valence-electron chi connectivity index (χ1n) is 7.07. The average Bonchev–Trinajstić information content (AvgIpc) is 2.16. The van der Waals surface area contributed by atoms with Gasteiger partial charge in [-0.2, -0.15) is 0 Å². The van der Waals surface area contributed by atoms with Crippen LogP contribution < -0.4 is 5.32 Å². The van der Waals surface area contributed by atoms with Crippen LogP contribution in [0.25, 0.3) is 0 Å². The lowest BCUT2D eigenvalue weighted by Gasteiger charge is -2.28. The van der Waals surface area contributed by atoms with Gasteiger partial charge in [0.25, 0.3) is 0 Å². The number of phenols is 1. The molecule has 0 saturated carbocycles. The van der Waals surface area contributed by atoms with Gasteiger partial charge in [0.05, 0.1) is 0 Å². The van der Waals surface area contributed by atoms with Gasteiger partial charge in [-0.05, 0) is 36.8 Å². The molecule has 0 unspecified atom stereocenters. The van der Waals surface area contributed by atoms with Crippen molar-refractivity contribution in [3.63, 3.8) is 0 Å². The number of anilines is 1. The van der Waals surface area contributed by atoms with Gasteiger partial charge < -0.3 is 10.4 Å². The topological polar surface area (TPSA) is 32.3 Å². The minimum atomic E-state index is -0.0707. The molecule has 2 N–H and O–H groups in total. The highest BCUT2D eigenvalue weighted by atomic mass is 16.3. The predicted molar refractivity (Wildman–Crippen MR) is 84.3 cm³/mol. The van der Waals surface area contributed by atoms with Crippen LogP contribution >= 0.6 is 0 Å². The van der Waals surface area contributed by atoms with Crippen LogP contribution in [0.4, 0.5) is 5.69 Å². The fourth-order valence-corrected chi connectivity index (χ4v) is 2.19. The van der Waals surface area contributed by atoms with E-state index in [0.717, 1.165) is 16.8 Å². The molecule has 19 heavy (non-hydrogen) atoms. The molecule has 1 rings (SSSR count). The van der Waals surface area contributed by atoms with Crippen molar-refractivity contribution in [2.24, 2.45) is 0 Å². The summed E-state index contributed by atoms with van der Waals surface area (Å²) in [6.45, 7) is 17.0. The van der Waals surface area contributed by atoms with Crippen LogP contribution in [0.5, 0.6) is 5.75 Å². The molecule has 0 bridgehead atoms. The number of aromatic hydroxyl groups is 1. The van der Waals surface area contributed by atoms with Crippen molar-refractivity contribution in [2.75, 3.05) is 5.32 Å². The van der Waals surface area contributed by atoms with E-state index in [1.54, 1.807) is 0 Å². The lowest BCUT2D eigenvalue weighted by Crippen LogP contribution is -2.19. The molecule has 0 radical (unpaired) electrons. The summed E-state index contributed by atoms with van der Waals surface area (Å²) in [6.07, 6.45) is 0. The second-order valence-corrected chi connectivity index (χ2v) is 7.72. The molecule has 2 heteroatoms. The van der Waals surface area contributed by atoms with Gasteiger partial charge in [-0.25, -0.2) is 0 Å². The molecule has 0 amide bonds. The van der Waals surface area contributed by atoms with Crippen molar-refractivity contribution in [3.8, 4) is 5.75 Å². The van der Waals surface area contributed by atoms with Crippen molar-refractivity contribution < 1.29 is 5.11 Å². The van der Waals surface area contributed by atoms with E-state index in [9.17, 15) is 5.11 Å². The number of nitrogens with one attached hydrogen (secondary N) is 1. The van der Waals surface area contributed by atoms with Gasteiger partial charge in [0.2, 0.25) is 0 Å². The van der Waals surface area contributed by atoms with Crippen LogP contribution in [0.15, 0.2) is 12.1 Å². The third-order valence-corrected chi connectivity index (χ3v) is 3.18. The van der Waals surface area contributed by atoms with E-state index in [4.69, 9.17) is 0 Å². The third kappa shape index (κ3) is 3.89. The number of benzene rings is 1. The highest BCUT2D eigenvalue weighted by Gasteiger charge is 2.26. The van der Waals surface area contributed by atoms with Gasteiger partial charge in [-0.1, -0.05) is 41.5 Å². The first kappa shape index (κ1) is 15.9. The normalized spacial score (nSPS) is 12.9. The second-order valence-electron chi connectivity index (χ2n) is 7.72. The lowest BCUT2D eigenvalue weighted by atomic mass is 9.79. The Morgan fingerprint density at radius 1 is 0.895 bits per heavy atom. The first-order chi connectivity index (χ1) is 8.43. The summed E-state index contributed by atoms with van der Waals surface area (Å²) in [6, 6.07) is 4.53. The monoisotopic (exact) mass is 263 g/mol. The molecule has 2 nitrogen and oxygen atoms in total. The fraction of sp³-hybridized carbons (Fsp3) is 0.647. The Morgan fingerprint density at radius 3 is 1.53 bits per heavy atom. The summed E-state index contributed by atoms with van der Waals surface area (Å²) in [5.74, 6) is 0.439. The molecule has 0 aromatic heterocycles. The minimum Gasteiger partial charge on any atom is -0.507 e. The Balaban J connectivity index is 3.48. The highest BCUT2D eigenvalue weighted by Crippen LogP contribution is 2.41. The quantitative estimate of drug-likeness (QED) is 0.751. The molecule has 0 atom stereocenters. The fourth-order valence-electron chi connectivity index (χ4n) is 2.19. The van der Waals surface area contributed by atoms with E-state index in [-0.39, 0.29) is 10.8 Å². The van der Waals surface area contributed by atoms with Gasteiger partial charge in [-0.3, -0.25) is 0 Å². The molecule has 0 aliphatic carbocycles. The van der Waals surface area contributed by atoms with Crippen LogP contribution in [0.2, 0.25) is 0 Å². The second kappa shape index (κ2) is 5.07. The van der Waals surface area contributed by atoms with E-state index in [0.29, 0.717) is 11.8 Å². The zero-order valence-corrected chi connectivity index (χ0v) is 13.7. The zero-order chi connectivity index (χ0) is 15.0. The Kier molecular flexibility index (Phi) is 4.23. The zero-order valence-electron chi connectivity index (χ0n) is 13.7. The predicted octanol–water partition coefficient (Wildman–Crippen LogP) is 4.81. The molecule has 1 aromatic rings. The Bertz CT molecular complexity index is 412. The van der Waals surface area contributed by atoms with Gasteiger partial charge in [0, 0.05) is 22.9 Å². The lowest BCUT2D eigenvalue weighted by molar-refractivity contribution is 0.423. The van der Waals surface area contributed by atoms with E-state index >= 15 is 0 Å². The maximum Gasteiger partial charge on any atom is 0.123 e. The standard InChI is InChI=1S/C17H29NO/c1-11(2)18-12-9-13(16(3,4)5)15(19)14(10-12)17(6,7)8/h9-11,18-19H,1-8H3. The van der Waals surface area contributed by atoms with Crippen LogP contribution in [0.3, 0.4) is 0 Å². The molecule has 0 fully saturated rings. The van der Waals surface area contributed by atoms with Crippen LogP contribution in [-0.2, 0) is 10.8 Å². The molecule has 0 aliphatic rings. The molecular formula is C17H29NO. The summed E-state index contributed by atoms with van der Waals surface area (Å²) in [5.41, 5.74) is 2.95. The Morgan fingerprint density at radius 2 is 1.26 bits per heavy atom. The van der Waals surface area contributed by atoms with Crippen molar-refractivity contribution in [3.05, 3.63) is 23.3 Å². The summed E-state index contributed by atoms with van der Waals surface area (Å²) >= 11 is 0. The molecule has 0 spiro atoms. The smallest absolute Gasteiger partial charge is 0.123 e. The maximum atomic E-state index is 10.6. The van der Waals surface area contributed by atoms with Crippen molar-refractivity contribution in [2.45, 2.75) is 72.3 Å². The molecular weight excluding hydrogens is 234 g/mol. The first-order valence-corrected chi connectivity index (χ1v) is 7.07. The molecule has 0 heterocycles. The maximum absolute atomic E-state index is 10.6. The van der Waals surface area contributed by atoms with Gasteiger partial charge in [0.15, 0.2) is 0 Å². The van der Waals surface area contributed by atoms with Crippen molar-refractivity contribution in [1.82, 2.24) is 0 Å². The van der Waals surface area contributed by atoms with Gasteiger partial charge >= 0.3 is 0 Å². The average molecular weight is 263 g/mol. The molecule has 0 saturated heterocycles. The summed E-state index contributed by atoms with van der Waals surface area (Å²) in [5, 5.41) is 14.0. The largest absolute Gasteiger partial charge is 0.507 e. The van der Waals surface area contributed by atoms with Gasteiger partial charge in [-0.15, -0.1) is 0 Å². The van der Waals surface area contributed by atoms with E-state index in [1.165, 1.54) is 0 Å². The van der Waals surface area contributed by atoms with Crippen LogP contribution in [-0.4, -0.2) is 11.1 Å². The number of hydrogen-bond donors (Lipinski definition) is 2. The Hall–Kier alpha value is -1.18. The third-order valence-electron chi connectivity index (χ3n) is 3.18. The van der Waals surface area contributed by atoms with E-state index < -0.39 is 0 Å². The summed E-state index contributed by atoms with van der Waals surface area (Å²) < 4.78 is 0. The highest BCUT2D eigenvalue weighted by molar-refractivity contribution is 5.59. The summed E-state index contributed by atoms with van der Waals surface area (Å²) in [4.78, 5) is 0. The molecule has 0 aliphatic heterocycles. The van der Waals surface area contributed by atoms with Crippen LogP contribution in [0.1, 0.15) is 66.5 Å². The number of phenolic OH excluding ortho intramolecular Hbond substituents is 1. The van der Waals surface area contributed by atoms with E-state index in [1.807, 2.05) is 0 Å². The van der Waals surface area contributed by atoms with Crippen LogP contribution in [0, 0.1) is 0 Å². The van der Waals surface area contributed by atoms with Gasteiger partial charge in [0.1, 0.15) is 5.75 Å². The summed E-state index contributed by atoms with van der Waals surface area (Å²) in [7, 11) is 0. The van der Waals surface area contributed by atoms with E-state index in [2.05, 4.69) is 72.8 Å². The SMILES string of the molecule is CC(C)Nc1cc(C(C)(C)C)c(O)c(C(C)(C)C)c1. The van der Waals surface area contributed by atoms with Crippen molar-refractivity contribution >= 4 is 5.69 Å².